The number of hydrogen-bond donors (Lipinski definition) is 1. The summed E-state index contributed by atoms with van der Waals surface area (Å²) >= 11 is 0. The Balaban J connectivity index is 1.29. The molecule has 4 rings (SSSR count). The Bertz CT molecular complexity index is 1350. The highest BCUT2D eigenvalue weighted by Crippen LogP contribution is 2.23. The van der Waals surface area contributed by atoms with Gasteiger partial charge in [-0.15, -0.1) is 0 Å². The molecule has 0 aliphatic carbocycles. The molecule has 9 heteroatoms. The fourth-order valence-corrected chi connectivity index (χ4v) is 4.67. The largest absolute Gasteiger partial charge is 0.492 e. The van der Waals surface area contributed by atoms with E-state index < -0.39 is 17.6 Å². The third kappa shape index (κ3) is 8.69. The number of fused-ring (bicyclic) bond motifs is 1. The van der Waals surface area contributed by atoms with Gasteiger partial charge in [-0.25, -0.2) is 9.59 Å². The number of methoxy groups -OCH3 is 1. The summed E-state index contributed by atoms with van der Waals surface area (Å²) in [4.78, 5) is 41.4. The van der Waals surface area contributed by atoms with Gasteiger partial charge in [-0.1, -0.05) is 42.5 Å². The molecule has 1 saturated heterocycles. The molecule has 0 bridgehead atoms. The number of piperazine rings is 1. The summed E-state index contributed by atoms with van der Waals surface area (Å²) in [6.07, 6.45) is 0.0474. The van der Waals surface area contributed by atoms with Crippen LogP contribution in [0.4, 0.5) is 4.79 Å². The number of hydrogen-bond acceptors (Lipinski definition) is 7. The molecule has 3 aromatic carbocycles. The fourth-order valence-electron chi connectivity index (χ4n) is 4.67. The van der Waals surface area contributed by atoms with Crippen molar-refractivity contribution < 1.29 is 28.6 Å². The van der Waals surface area contributed by atoms with Crippen LogP contribution in [0.2, 0.25) is 0 Å². The third-order valence-electron chi connectivity index (χ3n) is 6.84. The molecular formula is C32H39N3O6. The first-order valence-electron chi connectivity index (χ1n) is 13.9. The van der Waals surface area contributed by atoms with E-state index in [2.05, 4.69) is 10.2 Å². The van der Waals surface area contributed by atoms with E-state index in [-0.39, 0.29) is 12.0 Å². The molecule has 1 aliphatic heterocycles. The molecule has 9 nitrogen and oxygen atoms in total. The van der Waals surface area contributed by atoms with Crippen molar-refractivity contribution in [3.05, 3.63) is 77.9 Å². The SMILES string of the molecule is COC(=O)C(Cc1ccc2cc(OCCN3CCN(C(=O)OC(C)(C)C)CC3)ccc2c1)NC(=O)c1ccccc1. The van der Waals surface area contributed by atoms with Gasteiger partial charge in [0.2, 0.25) is 0 Å². The van der Waals surface area contributed by atoms with E-state index in [1.807, 2.05) is 63.2 Å². The molecule has 1 heterocycles. The summed E-state index contributed by atoms with van der Waals surface area (Å²) in [5.74, 6) is -0.0434. The molecule has 1 aliphatic rings. The summed E-state index contributed by atoms with van der Waals surface area (Å²) < 4.78 is 16.4. The second-order valence-corrected chi connectivity index (χ2v) is 11.1. The Morgan fingerprint density at radius 3 is 2.27 bits per heavy atom. The van der Waals surface area contributed by atoms with Crippen LogP contribution in [0.5, 0.6) is 5.75 Å². The van der Waals surface area contributed by atoms with Crippen LogP contribution >= 0.6 is 0 Å². The van der Waals surface area contributed by atoms with Crippen molar-refractivity contribution in [2.45, 2.75) is 38.8 Å². The second kappa shape index (κ2) is 13.5. The molecule has 1 unspecified atom stereocenters. The van der Waals surface area contributed by atoms with Gasteiger partial charge in [0.25, 0.3) is 5.91 Å². The van der Waals surface area contributed by atoms with Crippen LogP contribution in [-0.2, 0) is 20.7 Å². The van der Waals surface area contributed by atoms with Crippen LogP contribution in [0.3, 0.4) is 0 Å². The van der Waals surface area contributed by atoms with E-state index in [4.69, 9.17) is 14.2 Å². The monoisotopic (exact) mass is 561 g/mol. The molecule has 0 spiro atoms. The number of nitrogens with zero attached hydrogens (tertiary/aromatic N) is 2. The van der Waals surface area contributed by atoms with E-state index in [1.54, 1.807) is 29.2 Å². The smallest absolute Gasteiger partial charge is 0.410 e. The van der Waals surface area contributed by atoms with Crippen LogP contribution in [0.25, 0.3) is 10.8 Å². The van der Waals surface area contributed by atoms with Crippen molar-refractivity contribution in [3.63, 3.8) is 0 Å². The summed E-state index contributed by atoms with van der Waals surface area (Å²) in [6, 6.07) is 19.8. The van der Waals surface area contributed by atoms with E-state index in [1.165, 1.54) is 7.11 Å². The molecular weight excluding hydrogens is 522 g/mol. The van der Waals surface area contributed by atoms with E-state index in [0.717, 1.165) is 41.7 Å². The maximum atomic E-state index is 12.6. The number of rotatable bonds is 9. The average Bonchev–Trinajstić information content (AvgIpc) is 2.96. The summed E-state index contributed by atoms with van der Waals surface area (Å²) in [5.41, 5.74) is 0.894. The predicted molar refractivity (Wildman–Crippen MR) is 157 cm³/mol. The Morgan fingerprint density at radius 2 is 1.59 bits per heavy atom. The normalized spacial score (nSPS) is 14.8. The average molecular weight is 562 g/mol. The van der Waals surface area contributed by atoms with Crippen molar-refractivity contribution in [2.75, 3.05) is 46.4 Å². The van der Waals surface area contributed by atoms with Crippen LogP contribution < -0.4 is 10.1 Å². The highest BCUT2D eigenvalue weighted by molar-refractivity contribution is 5.96. The van der Waals surface area contributed by atoms with Gasteiger partial charge in [0.05, 0.1) is 7.11 Å². The maximum Gasteiger partial charge on any atom is 0.410 e. The maximum absolute atomic E-state index is 12.6. The minimum Gasteiger partial charge on any atom is -0.492 e. The lowest BCUT2D eigenvalue weighted by molar-refractivity contribution is -0.142. The minimum absolute atomic E-state index is 0.259. The Morgan fingerprint density at radius 1 is 0.902 bits per heavy atom. The fraction of sp³-hybridized carbons (Fsp3) is 0.406. The van der Waals surface area contributed by atoms with Crippen LogP contribution in [0.1, 0.15) is 36.7 Å². The first-order valence-corrected chi connectivity index (χ1v) is 13.9. The lowest BCUT2D eigenvalue weighted by Crippen LogP contribution is -2.50. The van der Waals surface area contributed by atoms with E-state index in [0.29, 0.717) is 31.7 Å². The number of nitrogens with one attached hydrogen (secondary N) is 1. The number of carbonyl (C=O) groups is 3. The Kier molecular flexibility index (Phi) is 9.83. The number of benzene rings is 3. The molecule has 0 aromatic heterocycles. The van der Waals surface area contributed by atoms with E-state index in [9.17, 15) is 14.4 Å². The molecule has 2 amide bonds. The van der Waals surface area contributed by atoms with Crippen LogP contribution in [0.15, 0.2) is 66.7 Å². The van der Waals surface area contributed by atoms with Gasteiger partial charge in [-0.2, -0.15) is 0 Å². The van der Waals surface area contributed by atoms with Crippen molar-refractivity contribution in [1.29, 1.82) is 0 Å². The number of carbonyl (C=O) groups excluding carboxylic acids is 3. The molecule has 0 radical (unpaired) electrons. The zero-order valence-electron chi connectivity index (χ0n) is 24.2. The lowest BCUT2D eigenvalue weighted by atomic mass is 10.0. The Hall–Kier alpha value is -4.11. The van der Waals surface area contributed by atoms with Gasteiger partial charge in [0, 0.05) is 44.7 Å². The zero-order valence-corrected chi connectivity index (χ0v) is 24.2. The molecule has 1 fully saturated rings. The molecule has 41 heavy (non-hydrogen) atoms. The first-order chi connectivity index (χ1) is 19.6. The first kappa shape index (κ1) is 29.9. The summed E-state index contributed by atoms with van der Waals surface area (Å²) in [6.45, 7) is 9.77. The predicted octanol–water partition coefficient (Wildman–Crippen LogP) is 4.29. The number of ether oxygens (including phenoxy) is 3. The van der Waals surface area contributed by atoms with Gasteiger partial charge >= 0.3 is 12.1 Å². The quantitative estimate of drug-likeness (QED) is 0.390. The van der Waals surface area contributed by atoms with Gasteiger partial charge in [-0.3, -0.25) is 9.69 Å². The number of amides is 2. The van der Waals surface area contributed by atoms with Crippen molar-refractivity contribution in [1.82, 2.24) is 15.1 Å². The molecule has 0 saturated carbocycles. The van der Waals surface area contributed by atoms with Crippen LogP contribution in [-0.4, -0.2) is 85.9 Å². The molecule has 3 aromatic rings. The molecule has 218 valence electrons. The standard InChI is InChI=1S/C32H39N3O6/c1-32(2,3)41-31(38)35-16-14-34(15-17-35)18-19-40-27-13-12-25-20-23(10-11-26(25)22-27)21-28(30(37)39-4)33-29(36)24-8-6-5-7-9-24/h5-13,20,22,28H,14-19,21H2,1-4H3,(H,33,36). The van der Waals surface area contributed by atoms with Crippen LogP contribution in [0, 0.1) is 0 Å². The van der Waals surface area contributed by atoms with Crippen molar-refractivity contribution in [3.8, 4) is 5.75 Å². The van der Waals surface area contributed by atoms with Crippen molar-refractivity contribution >= 4 is 28.7 Å². The van der Waals surface area contributed by atoms with Crippen molar-refractivity contribution in [2.24, 2.45) is 0 Å². The topological polar surface area (TPSA) is 97.4 Å². The Labute approximate surface area is 241 Å². The third-order valence-corrected chi connectivity index (χ3v) is 6.84. The second-order valence-electron chi connectivity index (χ2n) is 11.1. The van der Waals surface area contributed by atoms with Gasteiger partial charge in [-0.05, 0) is 61.4 Å². The summed E-state index contributed by atoms with van der Waals surface area (Å²) in [7, 11) is 1.32. The van der Waals surface area contributed by atoms with Gasteiger partial charge in [0.15, 0.2) is 0 Å². The van der Waals surface area contributed by atoms with E-state index >= 15 is 0 Å². The summed E-state index contributed by atoms with van der Waals surface area (Å²) in [5, 5.41) is 4.81. The molecule has 1 N–H and O–H groups in total. The zero-order chi connectivity index (χ0) is 29.4. The minimum atomic E-state index is -0.807. The highest BCUT2D eigenvalue weighted by Gasteiger charge is 2.26. The molecule has 1 atom stereocenters. The number of esters is 1. The highest BCUT2D eigenvalue weighted by atomic mass is 16.6. The van der Waals surface area contributed by atoms with Gasteiger partial charge in [0.1, 0.15) is 24.0 Å². The lowest BCUT2D eigenvalue weighted by Gasteiger charge is -2.35. The van der Waals surface area contributed by atoms with Gasteiger partial charge < -0.3 is 24.4 Å².